The predicted molar refractivity (Wildman–Crippen MR) is 103 cm³/mol. The number of ketones is 1. The summed E-state index contributed by atoms with van der Waals surface area (Å²) < 4.78 is 12.9. The van der Waals surface area contributed by atoms with Gasteiger partial charge in [-0.05, 0) is 24.3 Å². The highest BCUT2D eigenvalue weighted by atomic mass is 32.2. The Kier molecular flexibility index (Phi) is 5.90. The van der Waals surface area contributed by atoms with Crippen LogP contribution < -0.4 is 5.32 Å². The molecular weight excluding hydrogens is 387 g/mol. The van der Waals surface area contributed by atoms with Crippen LogP contribution in [0.2, 0.25) is 0 Å². The molecule has 1 aliphatic rings. The van der Waals surface area contributed by atoms with E-state index >= 15 is 0 Å². The second-order valence-electron chi connectivity index (χ2n) is 5.73. The largest absolute Gasteiger partial charge is 0.303 e. The van der Waals surface area contributed by atoms with Crippen molar-refractivity contribution in [3.05, 3.63) is 75.6 Å². The number of halogens is 1. The van der Waals surface area contributed by atoms with E-state index in [2.05, 4.69) is 15.5 Å². The molecular formula is C18H13FN4O4S. The van der Waals surface area contributed by atoms with Crippen molar-refractivity contribution in [1.29, 1.82) is 0 Å². The summed E-state index contributed by atoms with van der Waals surface area (Å²) in [4.78, 5) is 34.5. The molecule has 0 spiro atoms. The van der Waals surface area contributed by atoms with E-state index in [1.165, 1.54) is 48.7 Å². The predicted octanol–water partition coefficient (Wildman–Crippen LogP) is 2.93. The van der Waals surface area contributed by atoms with Crippen molar-refractivity contribution < 1.29 is 18.9 Å². The van der Waals surface area contributed by atoms with E-state index in [-0.39, 0.29) is 29.0 Å². The number of nitro benzene ring substituents is 1. The third kappa shape index (κ3) is 4.86. The molecule has 0 radical (unpaired) electrons. The molecule has 1 unspecified atom stereocenters. The standard InChI is InChI=1S/C18H13FN4O4S/c19-13-6-4-12(5-7-13)15(24)9-16-17(25)21-18(28-16)22-20-10-11-2-1-3-14(8-11)23(26)27/h1-8,10,16H,9H2,(H,21,22,25)/b20-10+. The molecule has 2 aromatic rings. The van der Waals surface area contributed by atoms with Crippen LogP contribution in [0.4, 0.5) is 10.1 Å². The van der Waals surface area contributed by atoms with E-state index in [1.807, 2.05) is 0 Å². The van der Waals surface area contributed by atoms with Crippen LogP contribution in [-0.2, 0) is 4.79 Å². The number of amidine groups is 1. The minimum atomic E-state index is -0.663. The molecule has 1 fully saturated rings. The molecule has 142 valence electrons. The Hall–Kier alpha value is -3.40. The lowest BCUT2D eigenvalue weighted by molar-refractivity contribution is -0.384. The quantitative estimate of drug-likeness (QED) is 0.347. The second-order valence-corrected chi connectivity index (χ2v) is 6.92. The van der Waals surface area contributed by atoms with Crippen molar-refractivity contribution >= 4 is 40.5 Å². The van der Waals surface area contributed by atoms with Crippen molar-refractivity contribution in [2.24, 2.45) is 10.2 Å². The minimum Gasteiger partial charge on any atom is -0.303 e. The third-order valence-corrected chi connectivity index (χ3v) is 4.82. The van der Waals surface area contributed by atoms with Crippen molar-refractivity contribution in [1.82, 2.24) is 5.32 Å². The van der Waals surface area contributed by atoms with Gasteiger partial charge in [-0.15, -0.1) is 5.10 Å². The zero-order valence-corrected chi connectivity index (χ0v) is 15.1. The van der Waals surface area contributed by atoms with Crippen LogP contribution in [-0.4, -0.2) is 33.2 Å². The number of nitrogens with one attached hydrogen (secondary N) is 1. The van der Waals surface area contributed by atoms with Gasteiger partial charge in [0.25, 0.3) is 5.69 Å². The van der Waals surface area contributed by atoms with Gasteiger partial charge in [0.05, 0.1) is 16.4 Å². The molecule has 0 aliphatic carbocycles. The zero-order valence-electron chi connectivity index (χ0n) is 14.2. The fraction of sp³-hybridized carbons (Fsp3) is 0.111. The molecule has 1 amide bonds. The maximum atomic E-state index is 12.9. The molecule has 1 atom stereocenters. The molecule has 1 heterocycles. The summed E-state index contributed by atoms with van der Waals surface area (Å²) in [5.41, 5.74) is 0.735. The summed E-state index contributed by atoms with van der Waals surface area (Å²) in [5.74, 6) is -1.10. The Balaban J connectivity index is 1.62. The zero-order chi connectivity index (χ0) is 20.1. The highest BCUT2D eigenvalue weighted by molar-refractivity contribution is 8.15. The van der Waals surface area contributed by atoms with Crippen LogP contribution in [0.25, 0.3) is 0 Å². The first-order valence-corrected chi connectivity index (χ1v) is 8.92. The van der Waals surface area contributed by atoms with Gasteiger partial charge in [0.15, 0.2) is 11.0 Å². The topological polar surface area (TPSA) is 114 Å². The van der Waals surface area contributed by atoms with Crippen molar-refractivity contribution in [3.8, 4) is 0 Å². The van der Waals surface area contributed by atoms with Gasteiger partial charge in [0, 0.05) is 29.7 Å². The second kappa shape index (κ2) is 8.53. The van der Waals surface area contributed by atoms with Crippen LogP contribution in [0.1, 0.15) is 22.3 Å². The first-order chi connectivity index (χ1) is 13.4. The number of benzene rings is 2. The summed E-state index contributed by atoms with van der Waals surface area (Å²) in [7, 11) is 0. The summed E-state index contributed by atoms with van der Waals surface area (Å²) in [6, 6.07) is 11.0. The third-order valence-electron chi connectivity index (χ3n) is 3.75. The van der Waals surface area contributed by atoms with Gasteiger partial charge in [-0.1, -0.05) is 23.9 Å². The molecule has 2 aromatic carbocycles. The molecule has 10 heteroatoms. The summed E-state index contributed by atoms with van der Waals surface area (Å²) >= 11 is 1.06. The van der Waals surface area contributed by atoms with Crippen LogP contribution in [0, 0.1) is 15.9 Å². The number of Topliss-reactive ketones (excluding diaryl/α,β-unsaturated/α-hetero) is 1. The van der Waals surface area contributed by atoms with E-state index in [4.69, 9.17) is 0 Å². The fourth-order valence-corrected chi connectivity index (χ4v) is 3.30. The number of nitro groups is 1. The number of hydrogen-bond acceptors (Lipinski definition) is 7. The molecule has 0 saturated carbocycles. The van der Waals surface area contributed by atoms with Crippen LogP contribution in [0.15, 0.2) is 58.7 Å². The SMILES string of the molecule is O=C(CC1S/C(=N/N=C/c2cccc([N+](=O)[O-])c2)NC1=O)c1ccc(F)cc1. The Morgan fingerprint density at radius 1 is 1.29 bits per heavy atom. The van der Waals surface area contributed by atoms with E-state index in [1.54, 1.807) is 6.07 Å². The van der Waals surface area contributed by atoms with Crippen LogP contribution in [0.3, 0.4) is 0 Å². The minimum absolute atomic E-state index is 0.0598. The normalized spacial score (nSPS) is 17.8. The van der Waals surface area contributed by atoms with Gasteiger partial charge in [-0.3, -0.25) is 19.7 Å². The molecule has 8 nitrogen and oxygen atoms in total. The highest BCUT2D eigenvalue weighted by Gasteiger charge is 2.32. The first-order valence-electron chi connectivity index (χ1n) is 8.04. The van der Waals surface area contributed by atoms with E-state index in [9.17, 15) is 24.1 Å². The molecule has 1 saturated heterocycles. The van der Waals surface area contributed by atoms with E-state index in [0.717, 1.165) is 11.8 Å². The number of amides is 1. The van der Waals surface area contributed by atoms with Gasteiger partial charge in [0.2, 0.25) is 5.91 Å². The number of rotatable bonds is 6. The van der Waals surface area contributed by atoms with E-state index in [0.29, 0.717) is 11.1 Å². The number of carbonyl (C=O) groups excluding carboxylic acids is 2. The lowest BCUT2D eigenvalue weighted by Gasteiger charge is -2.04. The van der Waals surface area contributed by atoms with Gasteiger partial charge in [0.1, 0.15) is 5.82 Å². The summed E-state index contributed by atoms with van der Waals surface area (Å²) in [5, 5.41) is 20.5. The monoisotopic (exact) mass is 400 g/mol. The molecule has 3 rings (SSSR count). The molecule has 0 aromatic heterocycles. The Morgan fingerprint density at radius 2 is 2.04 bits per heavy atom. The van der Waals surface area contributed by atoms with Gasteiger partial charge in [-0.25, -0.2) is 4.39 Å². The molecule has 1 aliphatic heterocycles. The lowest BCUT2D eigenvalue weighted by atomic mass is 10.1. The number of nitrogens with zero attached hydrogens (tertiary/aromatic N) is 3. The summed E-state index contributed by atoms with van der Waals surface area (Å²) in [6.07, 6.45) is 1.26. The number of non-ortho nitro benzene ring substituents is 1. The molecule has 1 N–H and O–H groups in total. The number of thioether (sulfide) groups is 1. The number of carbonyl (C=O) groups is 2. The van der Waals surface area contributed by atoms with Gasteiger partial charge >= 0.3 is 0 Å². The van der Waals surface area contributed by atoms with Gasteiger partial charge in [-0.2, -0.15) is 5.10 Å². The lowest BCUT2D eigenvalue weighted by Crippen LogP contribution is -2.26. The number of hydrogen-bond donors (Lipinski definition) is 1. The van der Waals surface area contributed by atoms with Crippen LogP contribution >= 0.6 is 11.8 Å². The smallest absolute Gasteiger partial charge is 0.270 e. The maximum Gasteiger partial charge on any atom is 0.270 e. The molecule has 0 bridgehead atoms. The average molecular weight is 400 g/mol. The Labute approximate surface area is 162 Å². The van der Waals surface area contributed by atoms with Crippen molar-refractivity contribution in [2.75, 3.05) is 0 Å². The average Bonchev–Trinajstić information content (AvgIpc) is 3.01. The van der Waals surface area contributed by atoms with Crippen molar-refractivity contribution in [2.45, 2.75) is 11.7 Å². The summed E-state index contributed by atoms with van der Waals surface area (Å²) in [6.45, 7) is 0. The fourth-order valence-electron chi connectivity index (χ4n) is 2.38. The van der Waals surface area contributed by atoms with Gasteiger partial charge < -0.3 is 5.32 Å². The highest BCUT2D eigenvalue weighted by Crippen LogP contribution is 2.24. The Morgan fingerprint density at radius 3 is 2.75 bits per heavy atom. The maximum absolute atomic E-state index is 12.9. The van der Waals surface area contributed by atoms with E-state index < -0.39 is 16.0 Å². The molecule has 28 heavy (non-hydrogen) atoms. The van der Waals surface area contributed by atoms with Crippen molar-refractivity contribution in [3.63, 3.8) is 0 Å². The van der Waals surface area contributed by atoms with Crippen LogP contribution in [0.5, 0.6) is 0 Å². The first kappa shape index (κ1) is 19.4. The Bertz CT molecular complexity index is 991.